The number of esters is 1. The molecule has 1 unspecified atom stereocenters. The largest absolute Gasteiger partial charge is 0.451 e. The number of para-hydroxylation sites is 2. The molecule has 0 aliphatic carbocycles. The molecule has 0 radical (unpaired) electrons. The van der Waals surface area contributed by atoms with Gasteiger partial charge >= 0.3 is 12.5 Å². The van der Waals surface area contributed by atoms with E-state index in [0.717, 1.165) is 4.57 Å². The topological polar surface area (TPSA) is 67.9 Å². The molecule has 3 rings (SSSR count). The smallest absolute Gasteiger partial charge is 0.338 e. The van der Waals surface area contributed by atoms with Crippen LogP contribution < -0.4 is 0 Å². The minimum atomic E-state index is -2.81. The van der Waals surface area contributed by atoms with Crippen molar-refractivity contribution in [2.45, 2.75) is 19.6 Å². The number of nitrogens with zero attached hydrogens (tertiary/aromatic N) is 3. The van der Waals surface area contributed by atoms with Gasteiger partial charge in [0.25, 0.3) is 0 Å². The number of benzene rings is 2. The van der Waals surface area contributed by atoms with Gasteiger partial charge in [-0.15, -0.1) is 0 Å². The number of alkyl halides is 2. The van der Waals surface area contributed by atoms with E-state index in [1.807, 2.05) is 6.07 Å². The van der Waals surface area contributed by atoms with Gasteiger partial charge in [0.05, 0.1) is 28.2 Å². The maximum atomic E-state index is 13.4. The zero-order valence-corrected chi connectivity index (χ0v) is 13.2. The normalized spacial score (nSPS) is 12.1. The third-order valence-corrected chi connectivity index (χ3v) is 3.72. The number of hydrogen-bond acceptors (Lipinski definition) is 4. The first-order valence-corrected chi connectivity index (χ1v) is 7.47. The first-order chi connectivity index (χ1) is 12.0. The Hall–Kier alpha value is -3.27. The molecular weight excluding hydrogens is 328 g/mol. The van der Waals surface area contributed by atoms with Gasteiger partial charge in [0, 0.05) is 0 Å². The standard InChI is InChI=1S/C18H13F2N3O2/c1-11(25-17(24)13-8-6-12(10-21)7-9-13)16-22-14-4-2-3-5-15(14)23(16)18(19)20/h2-9,11,18H,1H3. The van der Waals surface area contributed by atoms with Crippen LogP contribution >= 0.6 is 0 Å². The van der Waals surface area contributed by atoms with E-state index >= 15 is 0 Å². The number of aromatic nitrogens is 2. The lowest BCUT2D eigenvalue weighted by Crippen LogP contribution is -2.14. The van der Waals surface area contributed by atoms with Gasteiger partial charge in [0.15, 0.2) is 11.9 Å². The Labute approximate surface area is 142 Å². The maximum Gasteiger partial charge on any atom is 0.338 e. The van der Waals surface area contributed by atoms with Crippen LogP contribution in [0.2, 0.25) is 0 Å². The summed E-state index contributed by atoms with van der Waals surface area (Å²) in [6.45, 7) is -1.32. The summed E-state index contributed by atoms with van der Waals surface area (Å²) in [6.07, 6.45) is -0.968. The van der Waals surface area contributed by atoms with E-state index in [2.05, 4.69) is 4.98 Å². The second-order valence-corrected chi connectivity index (χ2v) is 5.34. The highest BCUT2D eigenvalue weighted by atomic mass is 19.3. The Kier molecular flexibility index (Phi) is 4.44. The lowest BCUT2D eigenvalue weighted by Gasteiger charge is -2.15. The van der Waals surface area contributed by atoms with Crippen LogP contribution in [-0.4, -0.2) is 15.5 Å². The molecule has 5 nitrogen and oxygen atoms in total. The average molecular weight is 341 g/mol. The van der Waals surface area contributed by atoms with Crippen LogP contribution in [0.1, 0.15) is 41.3 Å². The SMILES string of the molecule is CC(OC(=O)c1ccc(C#N)cc1)c1nc2ccccc2n1C(F)F. The minimum Gasteiger partial charge on any atom is -0.451 e. The van der Waals surface area contributed by atoms with Gasteiger partial charge in [-0.2, -0.15) is 14.0 Å². The summed E-state index contributed by atoms with van der Waals surface area (Å²) in [5.74, 6) is -0.706. The fourth-order valence-electron chi connectivity index (χ4n) is 2.52. The van der Waals surface area contributed by atoms with Gasteiger partial charge in [-0.05, 0) is 43.3 Å². The van der Waals surface area contributed by atoms with Gasteiger partial charge in [-0.3, -0.25) is 4.57 Å². The van der Waals surface area contributed by atoms with Crippen molar-refractivity contribution >= 4 is 17.0 Å². The molecule has 1 atom stereocenters. The van der Waals surface area contributed by atoms with Crippen molar-refractivity contribution in [3.05, 3.63) is 65.5 Å². The number of ether oxygens (including phenoxy) is 1. The van der Waals surface area contributed by atoms with E-state index in [4.69, 9.17) is 10.00 Å². The minimum absolute atomic E-state index is 0.0294. The number of halogens is 2. The van der Waals surface area contributed by atoms with Crippen molar-refractivity contribution in [2.24, 2.45) is 0 Å². The molecular formula is C18H13F2N3O2. The summed E-state index contributed by atoms with van der Waals surface area (Å²) in [4.78, 5) is 16.4. The molecule has 0 bridgehead atoms. The number of carbonyl (C=O) groups is 1. The number of hydrogen-bond donors (Lipinski definition) is 0. The third kappa shape index (κ3) is 3.19. The summed E-state index contributed by atoms with van der Waals surface area (Å²) >= 11 is 0. The van der Waals surface area contributed by atoms with E-state index in [1.54, 1.807) is 18.2 Å². The first kappa shape index (κ1) is 16.6. The summed E-state index contributed by atoms with van der Waals surface area (Å²) in [5.41, 5.74) is 1.31. The van der Waals surface area contributed by atoms with E-state index in [9.17, 15) is 13.6 Å². The molecule has 2 aromatic carbocycles. The van der Waals surface area contributed by atoms with Crippen molar-refractivity contribution in [1.82, 2.24) is 9.55 Å². The molecule has 1 heterocycles. The second kappa shape index (κ2) is 6.69. The van der Waals surface area contributed by atoms with E-state index in [0.29, 0.717) is 11.1 Å². The Balaban J connectivity index is 1.89. The molecule has 1 aromatic heterocycles. The third-order valence-electron chi connectivity index (χ3n) is 3.72. The molecule has 0 aliphatic heterocycles. The van der Waals surface area contributed by atoms with E-state index in [-0.39, 0.29) is 16.9 Å². The van der Waals surface area contributed by atoms with Crippen LogP contribution in [0.15, 0.2) is 48.5 Å². The van der Waals surface area contributed by atoms with Gasteiger partial charge in [0.1, 0.15) is 0 Å². The molecule has 0 aliphatic rings. The number of rotatable bonds is 4. The molecule has 0 spiro atoms. The predicted octanol–water partition coefficient (Wildman–Crippen LogP) is 4.22. The zero-order chi connectivity index (χ0) is 18.0. The lowest BCUT2D eigenvalue weighted by atomic mass is 10.1. The Morgan fingerprint density at radius 1 is 1.20 bits per heavy atom. The zero-order valence-electron chi connectivity index (χ0n) is 13.2. The van der Waals surface area contributed by atoms with Crippen molar-refractivity contribution in [2.75, 3.05) is 0 Å². The van der Waals surface area contributed by atoms with E-state index in [1.165, 1.54) is 37.3 Å². The Bertz CT molecular complexity index is 959. The van der Waals surface area contributed by atoms with Crippen molar-refractivity contribution in [3.8, 4) is 6.07 Å². The molecule has 3 aromatic rings. The highest BCUT2D eigenvalue weighted by Gasteiger charge is 2.24. The van der Waals surface area contributed by atoms with Crippen LogP contribution in [-0.2, 0) is 4.74 Å². The number of nitriles is 1. The highest BCUT2D eigenvalue weighted by molar-refractivity contribution is 5.89. The molecule has 0 fully saturated rings. The van der Waals surface area contributed by atoms with Gasteiger partial charge in [-0.25, -0.2) is 9.78 Å². The molecule has 7 heteroatoms. The Morgan fingerprint density at radius 3 is 2.52 bits per heavy atom. The molecule has 0 N–H and O–H groups in total. The second-order valence-electron chi connectivity index (χ2n) is 5.34. The first-order valence-electron chi connectivity index (χ1n) is 7.47. The monoisotopic (exact) mass is 341 g/mol. The van der Waals surface area contributed by atoms with Gasteiger partial charge < -0.3 is 4.74 Å². The van der Waals surface area contributed by atoms with Crippen LogP contribution in [0, 0.1) is 11.3 Å². The Morgan fingerprint density at radius 2 is 1.88 bits per heavy atom. The van der Waals surface area contributed by atoms with Crippen LogP contribution in [0.4, 0.5) is 8.78 Å². The summed E-state index contributed by atoms with van der Waals surface area (Å²) in [7, 11) is 0. The van der Waals surface area contributed by atoms with Crippen LogP contribution in [0.5, 0.6) is 0 Å². The molecule has 126 valence electrons. The van der Waals surface area contributed by atoms with Crippen LogP contribution in [0.3, 0.4) is 0 Å². The quantitative estimate of drug-likeness (QED) is 0.666. The summed E-state index contributed by atoms with van der Waals surface area (Å²) in [6, 6.07) is 14.3. The number of carbonyl (C=O) groups excluding carboxylic acids is 1. The lowest BCUT2D eigenvalue weighted by molar-refractivity contribution is 0.0233. The number of fused-ring (bicyclic) bond motifs is 1. The van der Waals surface area contributed by atoms with Crippen molar-refractivity contribution in [1.29, 1.82) is 5.26 Å². The van der Waals surface area contributed by atoms with E-state index < -0.39 is 18.6 Å². The van der Waals surface area contributed by atoms with Crippen molar-refractivity contribution in [3.63, 3.8) is 0 Å². The number of imidazole rings is 1. The fraction of sp³-hybridized carbons (Fsp3) is 0.167. The maximum absolute atomic E-state index is 13.4. The molecule has 0 amide bonds. The highest BCUT2D eigenvalue weighted by Crippen LogP contribution is 2.28. The van der Waals surface area contributed by atoms with Crippen molar-refractivity contribution < 1.29 is 18.3 Å². The molecule has 25 heavy (non-hydrogen) atoms. The van der Waals surface area contributed by atoms with Gasteiger partial charge in [-0.1, -0.05) is 12.1 Å². The molecule has 0 saturated carbocycles. The molecule has 0 saturated heterocycles. The average Bonchev–Trinajstić information content (AvgIpc) is 3.01. The van der Waals surface area contributed by atoms with Gasteiger partial charge in [0.2, 0.25) is 0 Å². The fourth-order valence-corrected chi connectivity index (χ4v) is 2.52. The summed E-state index contributed by atoms with van der Waals surface area (Å²) < 4.78 is 32.9. The summed E-state index contributed by atoms with van der Waals surface area (Å²) in [5, 5.41) is 8.76. The van der Waals surface area contributed by atoms with Crippen LogP contribution in [0.25, 0.3) is 11.0 Å². The predicted molar refractivity (Wildman–Crippen MR) is 86.0 cm³/mol.